The Morgan fingerprint density at radius 1 is 0.906 bits per heavy atom. The van der Waals surface area contributed by atoms with Gasteiger partial charge in [-0.15, -0.1) is 0 Å². The zero-order chi connectivity index (χ0) is 22.5. The van der Waals surface area contributed by atoms with Crippen LogP contribution in [0, 0.1) is 13.8 Å². The largest absolute Gasteiger partial charge is 0.439 e. The highest BCUT2D eigenvalue weighted by Crippen LogP contribution is 2.23. The van der Waals surface area contributed by atoms with E-state index >= 15 is 0 Å². The third kappa shape index (κ3) is 5.19. The number of carbonyl (C=O) groups excluding carboxylic acids is 1. The number of rotatable bonds is 6. The lowest BCUT2D eigenvalue weighted by Crippen LogP contribution is -2.26. The van der Waals surface area contributed by atoms with Gasteiger partial charge in [0.25, 0.3) is 5.91 Å². The molecule has 0 aliphatic rings. The average molecular weight is 424 g/mol. The van der Waals surface area contributed by atoms with Gasteiger partial charge in [0.05, 0.1) is 6.04 Å². The molecular weight excluding hydrogens is 398 g/mol. The fourth-order valence-corrected chi connectivity index (χ4v) is 3.34. The van der Waals surface area contributed by atoms with Crippen molar-refractivity contribution in [3.8, 4) is 23.0 Å². The Kier molecular flexibility index (Phi) is 6.26. The molecule has 160 valence electrons. The van der Waals surface area contributed by atoms with Gasteiger partial charge in [0.1, 0.15) is 5.75 Å². The van der Waals surface area contributed by atoms with Crippen LogP contribution in [0.5, 0.6) is 11.6 Å². The van der Waals surface area contributed by atoms with Gasteiger partial charge in [0.15, 0.2) is 5.82 Å². The van der Waals surface area contributed by atoms with Crippen LogP contribution in [0.25, 0.3) is 11.4 Å². The van der Waals surface area contributed by atoms with Crippen molar-refractivity contribution >= 4 is 5.91 Å². The Morgan fingerprint density at radius 2 is 1.66 bits per heavy atom. The molecular formula is C27H25N3O2. The molecule has 1 atom stereocenters. The number of hydrogen-bond donors (Lipinski definition) is 1. The number of carbonyl (C=O) groups is 1. The lowest BCUT2D eigenvalue weighted by molar-refractivity contribution is 0.0940. The molecule has 0 spiro atoms. The van der Waals surface area contributed by atoms with Gasteiger partial charge in [-0.2, -0.15) is 4.98 Å². The van der Waals surface area contributed by atoms with Crippen LogP contribution in [0.3, 0.4) is 0 Å². The molecule has 5 heteroatoms. The van der Waals surface area contributed by atoms with Gasteiger partial charge in [0.2, 0.25) is 5.88 Å². The number of nitrogens with zero attached hydrogens (tertiary/aromatic N) is 2. The van der Waals surface area contributed by atoms with Crippen molar-refractivity contribution in [1.29, 1.82) is 0 Å². The molecule has 1 amide bonds. The summed E-state index contributed by atoms with van der Waals surface area (Å²) in [6.45, 7) is 6.05. The Labute approximate surface area is 188 Å². The number of nitrogens with one attached hydrogen (secondary N) is 1. The molecule has 5 nitrogen and oxygen atoms in total. The molecule has 0 aliphatic carbocycles. The molecule has 4 rings (SSSR count). The molecule has 0 bridgehead atoms. The van der Waals surface area contributed by atoms with Gasteiger partial charge in [-0.05, 0) is 56.7 Å². The van der Waals surface area contributed by atoms with Crippen LogP contribution in [0.15, 0.2) is 85.1 Å². The van der Waals surface area contributed by atoms with Crippen molar-refractivity contribution in [2.45, 2.75) is 26.8 Å². The first kappa shape index (κ1) is 21.2. The van der Waals surface area contributed by atoms with Crippen LogP contribution in [-0.4, -0.2) is 15.9 Å². The summed E-state index contributed by atoms with van der Waals surface area (Å²) in [5, 5.41) is 3.03. The normalized spacial score (nSPS) is 11.6. The molecule has 0 fully saturated rings. The first-order valence-electron chi connectivity index (χ1n) is 10.5. The van der Waals surface area contributed by atoms with E-state index in [9.17, 15) is 4.79 Å². The van der Waals surface area contributed by atoms with E-state index in [-0.39, 0.29) is 11.9 Å². The predicted molar refractivity (Wildman–Crippen MR) is 126 cm³/mol. The third-order valence-electron chi connectivity index (χ3n) is 5.17. The molecule has 0 radical (unpaired) electrons. The number of aromatic nitrogens is 2. The van der Waals surface area contributed by atoms with Crippen LogP contribution >= 0.6 is 0 Å². The van der Waals surface area contributed by atoms with E-state index in [1.807, 2.05) is 69.3 Å². The summed E-state index contributed by atoms with van der Waals surface area (Å²) in [6.07, 6.45) is 1.67. The molecule has 3 aromatic carbocycles. The Morgan fingerprint density at radius 3 is 2.38 bits per heavy atom. The van der Waals surface area contributed by atoms with Crippen molar-refractivity contribution in [1.82, 2.24) is 15.3 Å². The van der Waals surface area contributed by atoms with Gasteiger partial charge in [0, 0.05) is 23.4 Å². The van der Waals surface area contributed by atoms with E-state index in [1.54, 1.807) is 36.5 Å². The molecule has 1 heterocycles. The number of aryl methyl sites for hydroxylation is 2. The van der Waals surface area contributed by atoms with Crippen LogP contribution in [0.2, 0.25) is 0 Å². The van der Waals surface area contributed by atoms with E-state index in [2.05, 4.69) is 15.3 Å². The van der Waals surface area contributed by atoms with Gasteiger partial charge in [-0.25, -0.2) is 4.98 Å². The highest BCUT2D eigenvalue weighted by molar-refractivity contribution is 5.94. The minimum absolute atomic E-state index is 0.0833. The fourth-order valence-electron chi connectivity index (χ4n) is 3.34. The summed E-state index contributed by atoms with van der Waals surface area (Å²) >= 11 is 0. The van der Waals surface area contributed by atoms with Crippen molar-refractivity contribution in [3.63, 3.8) is 0 Å². The predicted octanol–water partition coefficient (Wildman–Crippen LogP) is 6.04. The molecule has 1 N–H and O–H groups in total. The first-order valence-corrected chi connectivity index (χ1v) is 10.5. The maximum Gasteiger partial charge on any atom is 0.251 e. The molecule has 4 aromatic rings. The van der Waals surface area contributed by atoms with Crippen molar-refractivity contribution in [2.75, 3.05) is 0 Å². The topological polar surface area (TPSA) is 64.1 Å². The molecule has 0 aliphatic heterocycles. The second-order valence-electron chi connectivity index (χ2n) is 7.82. The summed E-state index contributed by atoms with van der Waals surface area (Å²) in [7, 11) is 0. The molecule has 1 unspecified atom stereocenters. The minimum atomic E-state index is -0.131. The monoisotopic (exact) mass is 423 g/mol. The summed E-state index contributed by atoms with van der Waals surface area (Å²) in [4.78, 5) is 21.5. The second kappa shape index (κ2) is 9.43. The van der Waals surface area contributed by atoms with Crippen LogP contribution in [-0.2, 0) is 0 Å². The van der Waals surface area contributed by atoms with E-state index in [1.165, 1.54) is 5.56 Å². The van der Waals surface area contributed by atoms with Crippen molar-refractivity contribution in [3.05, 3.63) is 107 Å². The maximum absolute atomic E-state index is 12.6. The molecule has 32 heavy (non-hydrogen) atoms. The zero-order valence-corrected chi connectivity index (χ0v) is 18.4. The Hall–Kier alpha value is -3.99. The second-order valence-corrected chi connectivity index (χ2v) is 7.82. The SMILES string of the molecule is Cc1ccc(C(C)NC(=O)c2ccc(Oc3ccnc(-c4cccc(C)c4)n3)cc2)cc1. The Balaban J connectivity index is 1.42. The lowest BCUT2D eigenvalue weighted by Gasteiger charge is -2.15. The molecule has 0 saturated heterocycles. The quantitative estimate of drug-likeness (QED) is 0.410. The van der Waals surface area contributed by atoms with E-state index in [0.29, 0.717) is 23.0 Å². The summed E-state index contributed by atoms with van der Waals surface area (Å²) in [5.74, 6) is 1.52. The van der Waals surface area contributed by atoms with Gasteiger partial charge in [-0.1, -0.05) is 53.6 Å². The number of benzene rings is 3. The smallest absolute Gasteiger partial charge is 0.251 e. The highest BCUT2D eigenvalue weighted by Gasteiger charge is 2.12. The average Bonchev–Trinajstić information content (AvgIpc) is 2.80. The fraction of sp³-hybridized carbons (Fsp3) is 0.148. The van der Waals surface area contributed by atoms with Crippen LogP contribution in [0.4, 0.5) is 0 Å². The van der Waals surface area contributed by atoms with E-state index in [4.69, 9.17) is 4.74 Å². The van der Waals surface area contributed by atoms with E-state index < -0.39 is 0 Å². The van der Waals surface area contributed by atoms with Gasteiger partial charge >= 0.3 is 0 Å². The number of amides is 1. The molecule has 1 aromatic heterocycles. The van der Waals surface area contributed by atoms with Crippen LogP contribution < -0.4 is 10.1 Å². The summed E-state index contributed by atoms with van der Waals surface area (Å²) < 4.78 is 5.88. The standard InChI is InChI=1S/C27H25N3O2/c1-18-7-9-21(10-8-18)20(3)29-27(31)22-11-13-24(14-12-22)32-25-15-16-28-26(30-25)23-6-4-5-19(2)17-23/h4-17,20H,1-3H3,(H,29,31). The third-order valence-corrected chi connectivity index (χ3v) is 5.17. The molecule has 0 saturated carbocycles. The first-order chi connectivity index (χ1) is 15.5. The van der Waals surface area contributed by atoms with Gasteiger partial charge < -0.3 is 10.1 Å². The van der Waals surface area contributed by atoms with Crippen molar-refractivity contribution in [2.24, 2.45) is 0 Å². The van der Waals surface area contributed by atoms with Crippen LogP contribution in [0.1, 0.15) is 40.0 Å². The van der Waals surface area contributed by atoms with Gasteiger partial charge in [-0.3, -0.25) is 4.79 Å². The van der Waals surface area contributed by atoms with Crippen molar-refractivity contribution < 1.29 is 9.53 Å². The zero-order valence-electron chi connectivity index (χ0n) is 18.4. The number of ether oxygens (including phenoxy) is 1. The maximum atomic E-state index is 12.6. The minimum Gasteiger partial charge on any atom is -0.439 e. The lowest BCUT2D eigenvalue weighted by atomic mass is 10.1. The summed E-state index contributed by atoms with van der Waals surface area (Å²) in [5.41, 5.74) is 4.90. The Bertz CT molecular complexity index is 1220. The highest BCUT2D eigenvalue weighted by atomic mass is 16.5. The summed E-state index contributed by atoms with van der Waals surface area (Å²) in [6, 6.07) is 24.8. The van der Waals surface area contributed by atoms with E-state index in [0.717, 1.165) is 16.7 Å². The number of hydrogen-bond acceptors (Lipinski definition) is 4.